The van der Waals surface area contributed by atoms with Crippen LogP contribution in [0.1, 0.15) is 11.1 Å². The van der Waals surface area contributed by atoms with Crippen molar-refractivity contribution < 1.29 is 0 Å². The van der Waals surface area contributed by atoms with Crippen LogP contribution in [0.15, 0.2) is 24.3 Å². The van der Waals surface area contributed by atoms with Crippen molar-refractivity contribution in [3.63, 3.8) is 0 Å². The zero-order chi connectivity index (χ0) is 10.4. The molecule has 0 heterocycles. The third-order valence-electron chi connectivity index (χ3n) is 2.49. The van der Waals surface area contributed by atoms with Gasteiger partial charge in [0.1, 0.15) is 0 Å². The minimum Gasteiger partial charge on any atom is -0.305 e. The van der Waals surface area contributed by atoms with E-state index in [1.807, 2.05) is 0 Å². The molecule has 0 saturated heterocycles. The molecule has 0 aliphatic heterocycles. The van der Waals surface area contributed by atoms with Gasteiger partial charge in [-0.05, 0) is 31.5 Å². The van der Waals surface area contributed by atoms with Gasteiger partial charge in [0.25, 0.3) is 0 Å². The maximum atomic E-state index is 5.67. The summed E-state index contributed by atoms with van der Waals surface area (Å²) in [6.07, 6.45) is 1.11. The molecule has 0 aliphatic carbocycles. The number of alkyl halides is 1. The predicted octanol–water partition coefficient (Wildman–Crippen LogP) is 2.71. The van der Waals surface area contributed by atoms with E-state index in [-0.39, 0.29) is 0 Å². The van der Waals surface area contributed by atoms with Crippen LogP contribution in [0.5, 0.6) is 0 Å². The normalized spacial score (nSPS) is 10.9. The van der Waals surface area contributed by atoms with Crippen LogP contribution in [0, 0.1) is 6.92 Å². The minimum atomic E-state index is 0.713. The van der Waals surface area contributed by atoms with Gasteiger partial charge in [-0.25, -0.2) is 0 Å². The molecule has 0 aromatic heterocycles. The van der Waals surface area contributed by atoms with Gasteiger partial charge in [-0.15, -0.1) is 11.6 Å². The van der Waals surface area contributed by atoms with E-state index >= 15 is 0 Å². The molecular weight excluding hydrogens is 194 g/mol. The van der Waals surface area contributed by atoms with Gasteiger partial charge < -0.3 is 4.90 Å². The molecule has 1 aromatic rings. The van der Waals surface area contributed by atoms with Crippen molar-refractivity contribution in [2.24, 2.45) is 0 Å². The van der Waals surface area contributed by atoms with Crippen molar-refractivity contribution in [1.82, 2.24) is 4.90 Å². The number of hydrogen-bond acceptors (Lipinski definition) is 1. The molecule has 1 nitrogen and oxygen atoms in total. The van der Waals surface area contributed by atoms with Crippen LogP contribution in [0.2, 0.25) is 0 Å². The minimum absolute atomic E-state index is 0.713. The Hall–Kier alpha value is -0.530. The highest BCUT2D eigenvalue weighted by molar-refractivity contribution is 6.18. The van der Waals surface area contributed by atoms with E-state index in [4.69, 9.17) is 11.6 Å². The summed E-state index contributed by atoms with van der Waals surface area (Å²) in [5.41, 5.74) is 2.82. The van der Waals surface area contributed by atoms with Crippen LogP contribution in [0.3, 0.4) is 0 Å². The maximum absolute atomic E-state index is 5.67. The Kier molecular flexibility index (Phi) is 4.99. The Morgan fingerprint density at radius 2 is 1.93 bits per heavy atom. The van der Waals surface area contributed by atoms with Gasteiger partial charge in [-0.2, -0.15) is 0 Å². The first-order valence-electron chi connectivity index (χ1n) is 5.03. The second-order valence-corrected chi connectivity index (χ2v) is 4.05. The first-order chi connectivity index (χ1) is 6.74. The smallest absolute Gasteiger partial charge is 0.0351 e. The molecule has 0 N–H and O–H groups in total. The second kappa shape index (κ2) is 6.05. The lowest BCUT2D eigenvalue weighted by Gasteiger charge is -2.15. The summed E-state index contributed by atoms with van der Waals surface area (Å²) in [7, 11) is 2.11. The molecule has 0 aliphatic rings. The van der Waals surface area contributed by atoms with Crippen LogP contribution >= 0.6 is 11.6 Å². The largest absolute Gasteiger partial charge is 0.305 e. The first kappa shape index (κ1) is 11.5. The van der Waals surface area contributed by atoms with Crippen LogP contribution in [-0.2, 0) is 6.42 Å². The molecule has 2 heteroatoms. The van der Waals surface area contributed by atoms with E-state index in [0.29, 0.717) is 5.88 Å². The van der Waals surface area contributed by atoms with Crippen molar-refractivity contribution in [2.75, 3.05) is 26.0 Å². The molecule has 0 saturated carbocycles. The van der Waals surface area contributed by atoms with Crippen LogP contribution in [0.4, 0.5) is 0 Å². The third-order valence-corrected chi connectivity index (χ3v) is 2.66. The van der Waals surface area contributed by atoms with Gasteiger partial charge in [0.15, 0.2) is 0 Å². The van der Waals surface area contributed by atoms with Crippen LogP contribution in [0.25, 0.3) is 0 Å². The Morgan fingerprint density at radius 3 is 2.57 bits per heavy atom. The van der Waals surface area contributed by atoms with Gasteiger partial charge in [-0.1, -0.05) is 24.3 Å². The Morgan fingerprint density at radius 1 is 1.21 bits per heavy atom. The predicted molar refractivity (Wildman–Crippen MR) is 63.1 cm³/mol. The Bertz CT molecular complexity index is 273. The number of benzene rings is 1. The Balaban J connectivity index is 2.41. The van der Waals surface area contributed by atoms with Crippen LogP contribution in [-0.4, -0.2) is 30.9 Å². The average molecular weight is 212 g/mol. The van der Waals surface area contributed by atoms with Gasteiger partial charge in [0.05, 0.1) is 0 Å². The molecule has 0 unspecified atom stereocenters. The first-order valence-corrected chi connectivity index (χ1v) is 5.56. The zero-order valence-electron chi connectivity index (χ0n) is 8.96. The fraction of sp³-hybridized carbons (Fsp3) is 0.500. The highest BCUT2D eigenvalue weighted by atomic mass is 35.5. The summed E-state index contributed by atoms with van der Waals surface area (Å²) in [5.74, 6) is 0.713. The molecule has 0 fully saturated rings. The standard InChI is InChI=1S/C12H18ClN/c1-11-5-3-4-6-12(11)7-9-14(2)10-8-13/h3-6H,7-10H2,1-2H3. The summed E-state index contributed by atoms with van der Waals surface area (Å²) in [4.78, 5) is 2.26. The quantitative estimate of drug-likeness (QED) is 0.677. The number of nitrogens with zero attached hydrogens (tertiary/aromatic N) is 1. The SMILES string of the molecule is Cc1ccccc1CCN(C)CCCl. The van der Waals surface area contributed by atoms with E-state index in [1.54, 1.807) is 0 Å². The molecule has 0 amide bonds. The van der Waals surface area contributed by atoms with Crippen molar-refractivity contribution in [1.29, 1.82) is 0 Å². The highest BCUT2D eigenvalue weighted by Crippen LogP contribution is 2.07. The Labute approximate surface area is 91.7 Å². The van der Waals surface area contributed by atoms with Crippen LogP contribution < -0.4 is 0 Å². The van der Waals surface area contributed by atoms with Gasteiger partial charge >= 0.3 is 0 Å². The van der Waals surface area contributed by atoms with Crippen molar-refractivity contribution >= 4 is 11.6 Å². The molecule has 0 spiro atoms. The second-order valence-electron chi connectivity index (χ2n) is 3.67. The summed E-state index contributed by atoms with van der Waals surface area (Å²) >= 11 is 5.67. The third kappa shape index (κ3) is 3.69. The van der Waals surface area contributed by atoms with Crippen molar-refractivity contribution in [3.8, 4) is 0 Å². The molecule has 0 atom stereocenters. The lowest BCUT2D eigenvalue weighted by atomic mass is 10.1. The summed E-state index contributed by atoms with van der Waals surface area (Å²) in [6, 6.07) is 8.55. The fourth-order valence-corrected chi connectivity index (χ4v) is 1.75. The van der Waals surface area contributed by atoms with Gasteiger partial charge in [0, 0.05) is 19.0 Å². The maximum Gasteiger partial charge on any atom is 0.0351 e. The number of rotatable bonds is 5. The summed E-state index contributed by atoms with van der Waals surface area (Å²) < 4.78 is 0. The monoisotopic (exact) mass is 211 g/mol. The molecule has 1 aromatic carbocycles. The fourth-order valence-electron chi connectivity index (χ4n) is 1.46. The number of aryl methyl sites for hydroxylation is 1. The van der Waals surface area contributed by atoms with Crippen molar-refractivity contribution in [2.45, 2.75) is 13.3 Å². The molecule has 14 heavy (non-hydrogen) atoms. The topological polar surface area (TPSA) is 3.24 Å². The number of halogens is 1. The van der Waals surface area contributed by atoms with Gasteiger partial charge in [0.2, 0.25) is 0 Å². The summed E-state index contributed by atoms with van der Waals surface area (Å²) in [5, 5.41) is 0. The molecule has 1 rings (SSSR count). The highest BCUT2D eigenvalue weighted by Gasteiger charge is 2.00. The van der Waals surface area contributed by atoms with Crippen molar-refractivity contribution in [3.05, 3.63) is 35.4 Å². The van der Waals surface area contributed by atoms with E-state index < -0.39 is 0 Å². The molecule has 0 radical (unpaired) electrons. The molecule has 78 valence electrons. The van der Waals surface area contributed by atoms with Gasteiger partial charge in [-0.3, -0.25) is 0 Å². The van der Waals surface area contributed by atoms with E-state index in [2.05, 4.69) is 43.1 Å². The zero-order valence-corrected chi connectivity index (χ0v) is 9.72. The summed E-state index contributed by atoms with van der Waals surface area (Å²) in [6.45, 7) is 4.21. The average Bonchev–Trinajstić information content (AvgIpc) is 2.17. The molecule has 0 bridgehead atoms. The lowest BCUT2D eigenvalue weighted by Crippen LogP contribution is -2.23. The number of likely N-dealkylation sites (N-methyl/N-ethyl adjacent to an activating group) is 1. The van der Waals surface area contributed by atoms with E-state index in [0.717, 1.165) is 19.5 Å². The van der Waals surface area contributed by atoms with E-state index in [9.17, 15) is 0 Å². The lowest BCUT2D eigenvalue weighted by molar-refractivity contribution is 0.359. The molecular formula is C12H18ClN. The number of hydrogen-bond donors (Lipinski definition) is 0. The van der Waals surface area contributed by atoms with E-state index in [1.165, 1.54) is 11.1 Å².